The second kappa shape index (κ2) is 84.6. The summed E-state index contributed by atoms with van der Waals surface area (Å²) in [5.41, 5.74) is 0. The zero-order valence-corrected chi connectivity index (χ0v) is 71.6. The maximum Gasteiger partial charge on any atom is 0.472 e. The quantitative estimate of drug-likeness (QED) is 0.0146. The number of carbonyl (C=O) groups excluding carboxylic acids is 3. The Hall–Kier alpha value is -4.83. The molecule has 4 N–H and O–H groups in total. The predicted octanol–water partition coefficient (Wildman–Crippen LogP) is 26.5. The van der Waals surface area contributed by atoms with Gasteiger partial charge < -0.3 is 34.2 Å². The molecule has 0 spiro atoms. The van der Waals surface area contributed by atoms with Gasteiger partial charge in [-0.1, -0.05) is 346 Å². The molecule has 0 aliphatic rings. The maximum atomic E-state index is 13.0. The monoisotopic (exact) mass is 1590 g/mol. The van der Waals surface area contributed by atoms with Crippen molar-refractivity contribution < 1.29 is 75.8 Å². The third-order valence-electron chi connectivity index (χ3n) is 18.2. The van der Waals surface area contributed by atoms with Crippen LogP contribution in [0.3, 0.4) is 0 Å². The Balaban J connectivity index is 4.51. The average Bonchev–Trinajstić information content (AvgIpc) is 0.908. The van der Waals surface area contributed by atoms with Crippen LogP contribution in [0.2, 0.25) is 0 Å². The summed E-state index contributed by atoms with van der Waals surface area (Å²) in [6.45, 7) is 2.43. The largest absolute Gasteiger partial charge is 0.472 e. The number of esters is 3. The summed E-state index contributed by atoms with van der Waals surface area (Å²) in [6, 6.07) is 0. The van der Waals surface area contributed by atoms with Crippen molar-refractivity contribution in [1.82, 2.24) is 0 Å². The van der Waals surface area contributed by atoms with Crippen molar-refractivity contribution in [3.63, 3.8) is 0 Å². The summed E-state index contributed by atoms with van der Waals surface area (Å²) in [5, 5.41) is 20.7. The molecule has 0 aromatic rings. The van der Waals surface area contributed by atoms with E-state index in [4.69, 9.17) is 32.3 Å². The van der Waals surface area contributed by atoms with E-state index in [1.165, 1.54) is 128 Å². The number of hydrogen-bond donors (Lipinski definition) is 4. The molecule has 0 saturated heterocycles. The molecule has 0 aromatic carbocycles. The van der Waals surface area contributed by atoms with Crippen molar-refractivity contribution in [3.05, 3.63) is 158 Å². The summed E-state index contributed by atoms with van der Waals surface area (Å²) in [7, 11) is -9.81. The summed E-state index contributed by atoms with van der Waals surface area (Å²) >= 11 is 0. The first-order valence-corrected chi connectivity index (χ1v) is 46.8. The molecule has 0 heterocycles. The summed E-state index contributed by atoms with van der Waals surface area (Å²) in [4.78, 5) is 58.8. The standard InChI is InChI=1S/C93H158O16P2/c1-4-7-10-13-16-19-22-25-28-30-32-34-36-38-40-42-43-45-47-48-50-52-54-56-59-61-64-67-70-73-76-79-91(96)103-82-88(94)83-105-110(99,100)106-84-89(95)85-107-111(101,102)108-87-90(109-93(98)81-78-75-72-69-66-63-58-27-24-21-18-15-12-9-6-3)86-104-92(97)80-77-74-71-68-65-62-60-57-55-53-51-49-46-44-41-39-37-35-33-31-29-26-23-20-17-14-11-8-5-2/h7,9-10,12,16-21,25-29,32-35,38-41,43,45,58,88-90,94-95H,4-6,8,11,13-15,22-24,30-31,36-37,42,44,46-57,59-87H2,1-3H3,(H,99,100)(H,101,102)/b10-7-,12-9-,19-16-,20-17-,21-18-,28-25-,29-26-,34-32-,35-33-,40-38-,41-39-,45-43-,58-27-. The fraction of sp³-hybridized carbons (Fsp3) is 0.688. The van der Waals surface area contributed by atoms with Gasteiger partial charge in [-0.2, -0.15) is 0 Å². The number of allylic oxidation sites excluding steroid dienone is 26. The Morgan fingerprint density at radius 1 is 0.261 bits per heavy atom. The van der Waals surface area contributed by atoms with E-state index >= 15 is 0 Å². The molecule has 18 heteroatoms. The molecule has 0 amide bonds. The molecular formula is C93H158O16P2. The SMILES string of the molecule is CC/C=C\C/C=C\C/C=C\C/C=C\C/C=C\C/C=C\CCCCCCCCCCCCCCC(=O)OCC(O)COP(=O)(O)OCC(O)COP(=O)(O)OCC(COC(=O)CCCCCCCCCCCCCCC/C=C\C/C=C\C/C=C\C/C=C\CCCCC)OC(=O)CCCCCCC/C=C\C/C=C\C/C=C\CC. The lowest BCUT2D eigenvalue weighted by Crippen LogP contribution is -2.30. The van der Waals surface area contributed by atoms with Crippen LogP contribution in [-0.2, 0) is 55.8 Å². The number of aliphatic hydroxyl groups excluding tert-OH is 2. The lowest BCUT2D eigenvalue weighted by atomic mass is 10.0. The van der Waals surface area contributed by atoms with Gasteiger partial charge in [0.1, 0.15) is 25.4 Å². The minimum atomic E-state index is -4.94. The summed E-state index contributed by atoms with van der Waals surface area (Å²) in [6.07, 6.45) is 107. The molecule has 111 heavy (non-hydrogen) atoms. The van der Waals surface area contributed by atoms with Gasteiger partial charge >= 0.3 is 33.6 Å². The highest BCUT2D eigenvalue weighted by atomic mass is 31.2. The van der Waals surface area contributed by atoms with Crippen LogP contribution >= 0.6 is 15.6 Å². The molecular weight excluding hydrogens is 1430 g/mol. The van der Waals surface area contributed by atoms with Crippen LogP contribution in [-0.4, -0.2) is 95.9 Å². The van der Waals surface area contributed by atoms with Gasteiger partial charge in [0.25, 0.3) is 0 Å². The fourth-order valence-electron chi connectivity index (χ4n) is 11.6. The third-order valence-corrected chi connectivity index (χ3v) is 20.1. The van der Waals surface area contributed by atoms with E-state index in [1.54, 1.807) is 0 Å². The molecule has 0 aliphatic carbocycles. The third kappa shape index (κ3) is 85.9. The van der Waals surface area contributed by atoms with E-state index in [-0.39, 0.29) is 19.3 Å². The minimum Gasteiger partial charge on any atom is -0.463 e. The zero-order valence-electron chi connectivity index (χ0n) is 69.8. The molecule has 0 aromatic heterocycles. The second-order valence-electron chi connectivity index (χ2n) is 28.9. The molecule has 16 nitrogen and oxygen atoms in total. The van der Waals surface area contributed by atoms with Gasteiger partial charge in [-0.3, -0.25) is 32.5 Å². The smallest absolute Gasteiger partial charge is 0.463 e. The molecule has 0 aliphatic heterocycles. The molecule has 0 saturated carbocycles. The van der Waals surface area contributed by atoms with Crippen LogP contribution in [0.4, 0.5) is 0 Å². The van der Waals surface area contributed by atoms with Crippen molar-refractivity contribution in [3.8, 4) is 0 Å². The average molecular weight is 1590 g/mol. The van der Waals surface area contributed by atoms with E-state index < -0.39 is 91.5 Å². The number of rotatable bonds is 82. The molecule has 0 rings (SSSR count). The highest BCUT2D eigenvalue weighted by Crippen LogP contribution is 2.45. The minimum absolute atomic E-state index is 0.0823. The van der Waals surface area contributed by atoms with E-state index in [2.05, 4.69) is 179 Å². The molecule has 5 atom stereocenters. The first kappa shape index (κ1) is 106. The first-order valence-electron chi connectivity index (χ1n) is 43.8. The number of carbonyl (C=O) groups is 3. The zero-order chi connectivity index (χ0) is 80.8. The van der Waals surface area contributed by atoms with Gasteiger partial charge in [0.15, 0.2) is 6.10 Å². The number of phosphoric ester groups is 2. The normalized spacial score (nSPS) is 14.6. The van der Waals surface area contributed by atoms with Crippen molar-refractivity contribution in [2.24, 2.45) is 0 Å². The highest BCUT2D eigenvalue weighted by molar-refractivity contribution is 7.47. The van der Waals surface area contributed by atoms with Crippen LogP contribution in [0.25, 0.3) is 0 Å². The number of unbranched alkanes of at least 4 members (excludes halogenated alkanes) is 33. The molecule has 0 fully saturated rings. The Morgan fingerprint density at radius 3 is 0.757 bits per heavy atom. The van der Waals surface area contributed by atoms with Crippen molar-refractivity contribution in [1.29, 1.82) is 0 Å². The van der Waals surface area contributed by atoms with Gasteiger partial charge in [-0.25, -0.2) is 9.13 Å². The number of ether oxygens (including phenoxy) is 3. The van der Waals surface area contributed by atoms with E-state index in [1.807, 2.05) is 0 Å². The molecule has 636 valence electrons. The number of hydrogen-bond acceptors (Lipinski definition) is 14. The molecule has 0 radical (unpaired) electrons. The number of phosphoric acid groups is 2. The van der Waals surface area contributed by atoms with Crippen molar-refractivity contribution >= 4 is 33.6 Å². The van der Waals surface area contributed by atoms with Crippen LogP contribution in [0.15, 0.2) is 158 Å². The number of aliphatic hydroxyl groups is 2. The van der Waals surface area contributed by atoms with Gasteiger partial charge in [-0.05, 0) is 148 Å². The summed E-state index contributed by atoms with van der Waals surface area (Å²) in [5.74, 6) is -1.59. The van der Waals surface area contributed by atoms with Crippen molar-refractivity contribution in [2.45, 2.75) is 373 Å². The van der Waals surface area contributed by atoms with E-state index in [0.29, 0.717) is 19.3 Å². The Bertz CT molecular complexity index is 2650. The summed E-state index contributed by atoms with van der Waals surface area (Å²) < 4.78 is 61.3. The first-order chi connectivity index (χ1) is 54.2. The Labute approximate surface area is 676 Å². The van der Waals surface area contributed by atoms with Crippen LogP contribution in [0.5, 0.6) is 0 Å². The Morgan fingerprint density at radius 2 is 0.477 bits per heavy atom. The second-order valence-corrected chi connectivity index (χ2v) is 31.8. The molecule has 0 bridgehead atoms. The highest BCUT2D eigenvalue weighted by Gasteiger charge is 2.29. The van der Waals surface area contributed by atoms with Gasteiger partial charge in [-0.15, -0.1) is 0 Å². The Kier molecular flexibility index (Phi) is 80.9. The van der Waals surface area contributed by atoms with Gasteiger partial charge in [0, 0.05) is 19.3 Å². The van der Waals surface area contributed by atoms with Crippen LogP contribution in [0, 0.1) is 0 Å². The topological polar surface area (TPSA) is 231 Å². The van der Waals surface area contributed by atoms with Crippen LogP contribution < -0.4 is 0 Å². The van der Waals surface area contributed by atoms with Crippen molar-refractivity contribution in [2.75, 3.05) is 39.6 Å². The predicted molar refractivity (Wildman–Crippen MR) is 463 cm³/mol. The molecule has 5 unspecified atom stereocenters. The van der Waals surface area contributed by atoms with E-state index in [0.717, 1.165) is 167 Å². The van der Waals surface area contributed by atoms with Gasteiger partial charge in [0.2, 0.25) is 0 Å². The lowest BCUT2D eigenvalue weighted by Gasteiger charge is -2.21. The maximum absolute atomic E-state index is 13.0. The van der Waals surface area contributed by atoms with E-state index in [9.17, 15) is 43.5 Å². The fourth-order valence-corrected chi connectivity index (χ4v) is 13.2. The van der Waals surface area contributed by atoms with Gasteiger partial charge in [0.05, 0.1) is 26.4 Å². The van der Waals surface area contributed by atoms with Crippen LogP contribution in [0.1, 0.15) is 355 Å². The lowest BCUT2D eigenvalue weighted by molar-refractivity contribution is -0.161.